The number of nitrogens with two attached hydrogens (primary N) is 1. The van der Waals surface area contributed by atoms with E-state index in [9.17, 15) is 13.2 Å². The molecule has 0 aliphatic carbocycles. The van der Waals surface area contributed by atoms with E-state index in [0.717, 1.165) is 12.1 Å². The maximum absolute atomic E-state index is 12.6. The summed E-state index contributed by atoms with van der Waals surface area (Å²) in [6.07, 6.45) is -1.91. The van der Waals surface area contributed by atoms with Crippen LogP contribution in [0.15, 0.2) is 30.6 Å². The highest BCUT2D eigenvalue weighted by Gasteiger charge is 2.31. The third-order valence-corrected chi connectivity index (χ3v) is 2.47. The van der Waals surface area contributed by atoms with Gasteiger partial charge in [-0.05, 0) is 18.2 Å². The van der Waals surface area contributed by atoms with E-state index in [4.69, 9.17) is 17.3 Å². The number of nitrogens with zero attached hydrogens (tertiary/aromatic N) is 2. The molecule has 0 amide bonds. The topological polar surface area (TPSA) is 51.8 Å². The molecule has 0 unspecified atom stereocenters. The summed E-state index contributed by atoms with van der Waals surface area (Å²) in [5.41, 5.74) is 5.45. The lowest BCUT2D eigenvalue weighted by Gasteiger charge is -2.10. The van der Waals surface area contributed by atoms with Crippen molar-refractivity contribution in [3.05, 3.63) is 41.3 Å². The van der Waals surface area contributed by atoms with Crippen molar-refractivity contribution < 1.29 is 13.2 Å². The summed E-state index contributed by atoms with van der Waals surface area (Å²) in [6.45, 7) is 0. The molecule has 0 aliphatic rings. The SMILES string of the molecule is Nc1ccc(C(F)(F)F)cc1-c1cnc(Cl)cn1. The molecule has 1 aromatic heterocycles. The molecular formula is C11H7ClF3N3. The van der Waals surface area contributed by atoms with Gasteiger partial charge in [-0.1, -0.05) is 11.6 Å². The first-order valence-corrected chi connectivity index (χ1v) is 5.20. The lowest BCUT2D eigenvalue weighted by atomic mass is 10.1. The molecular weight excluding hydrogens is 267 g/mol. The Morgan fingerprint density at radius 1 is 1.11 bits per heavy atom. The predicted octanol–water partition coefficient (Wildman–Crippen LogP) is 3.40. The highest BCUT2D eigenvalue weighted by molar-refractivity contribution is 6.29. The number of rotatable bonds is 1. The molecule has 0 fully saturated rings. The zero-order valence-electron chi connectivity index (χ0n) is 8.87. The van der Waals surface area contributed by atoms with Crippen molar-refractivity contribution in [3.8, 4) is 11.3 Å². The van der Waals surface area contributed by atoms with E-state index < -0.39 is 11.7 Å². The Hall–Kier alpha value is -1.82. The number of anilines is 1. The first-order chi connectivity index (χ1) is 8.38. The number of nitrogen functional groups attached to an aromatic ring is 1. The standard InChI is InChI=1S/C11H7ClF3N3/c12-10-5-17-9(4-18-10)7-3-6(11(13,14)15)1-2-8(7)16/h1-5H,16H2. The van der Waals surface area contributed by atoms with Gasteiger partial charge in [0.25, 0.3) is 0 Å². The molecule has 1 aromatic carbocycles. The van der Waals surface area contributed by atoms with E-state index in [0.29, 0.717) is 0 Å². The number of benzene rings is 1. The zero-order valence-corrected chi connectivity index (χ0v) is 9.63. The quantitative estimate of drug-likeness (QED) is 0.810. The van der Waals surface area contributed by atoms with Crippen molar-refractivity contribution in [2.45, 2.75) is 6.18 Å². The number of alkyl halides is 3. The van der Waals surface area contributed by atoms with Crippen molar-refractivity contribution in [2.75, 3.05) is 5.73 Å². The summed E-state index contributed by atoms with van der Waals surface area (Å²) in [6, 6.07) is 3.05. The highest BCUT2D eigenvalue weighted by Crippen LogP contribution is 2.34. The molecule has 18 heavy (non-hydrogen) atoms. The second-order valence-corrected chi connectivity index (χ2v) is 3.91. The van der Waals surface area contributed by atoms with Crippen molar-refractivity contribution in [2.24, 2.45) is 0 Å². The number of aromatic nitrogens is 2. The third kappa shape index (κ3) is 2.53. The van der Waals surface area contributed by atoms with Crippen LogP contribution in [0.3, 0.4) is 0 Å². The fourth-order valence-electron chi connectivity index (χ4n) is 1.41. The molecule has 2 rings (SSSR count). The molecule has 0 saturated carbocycles. The number of hydrogen-bond acceptors (Lipinski definition) is 3. The number of halogens is 4. The Kier molecular flexibility index (Phi) is 3.13. The number of hydrogen-bond donors (Lipinski definition) is 1. The minimum absolute atomic E-state index is 0.157. The van der Waals surface area contributed by atoms with Gasteiger partial charge in [-0.25, -0.2) is 4.98 Å². The Labute approximate surface area is 105 Å². The van der Waals surface area contributed by atoms with Gasteiger partial charge in [-0.15, -0.1) is 0 Å². The smallest absolute Gasteiger partial charge is 0.398 e. The molecule has 0 bridgehead atoms. The first-order valence-electron chi connectivity index (χ1n) is 4.82. The van der Waals surface area contributed by atoms with Gasteiger partial charge >= 0.3 is 6.18 Å². The highest BCUT2D eigenvalue weighted by atomic mass is 35.5. The average Bonchev–Trinajstić information content (AvgIpc) is 2.29. The summed E-state index contributed by atoms with van der Waals surface area (Å²) in [5.74, 6) is 0. The Morgan fingerprint density at radius 3 is 2.39 bits per heavy atom. The first kappa shape index (κ1) is 12.6. The minimum Gasteiger partial charge on any atom is -0.398 e. The van der Waals surface area contributed by atoms with Gasteiger partial charge in [0.15, 0.2) is 0 Å². The monoisotopic (exact) mass is 273 g/mol. The molecule has 2 aromatic rings. The minimum atomic E-state index is -4.43. The van der Waals surface area contributed by atoms with E-state index in [1.54, 1.807) is 0 Å². The molecule has 7 heteroatoms. The summed E-state index contributed by atoms with van der Waals surface area (Å²) in [7, 11) is 0. The molecule has 2 N–H and O–H groups in total. The molecule has 0 aliphatic heterocycles. The molecule has 0 saturated heterocycles. The van der Waals surface area contributed by atoms with Crippen LogP contribution in [0.25, 0.3) is 11.3 Å². The summed E-state index contributed by atoms with van der Waals surface area (Å²) in [4.78, 5) is 7.65. The van der Waals surface area contributed by atoms with Gasteiger partial charge in [-0.3, -0.25) is 4.98 Å². The van der Waals surface area contributed by atoms with Crippen molar-refractivity contribution in [1.82, 2.24) is 9.97 Å². The van der Waals surface area contributed by atoms with Gasteiger partial charge in [0, 0.05) is 11.3 Å². The van der Waals surface area contributed by atoms with E-state index in [1.807, 2.05) is 0 Å². The lowest BCUT2D eigenvalue weighted by Crippen LogP contribution is -2.06. The van der Waals surface area contributed by atoms with E-state index >= 15 is 0 Å². The largest absolute Gasteiger partial charge is 0.416 e. The third-order valence-electron chi connectivity index (χ3n) is 2.28. The molecule has 94 valence electrons. The van der Waals surface area contributed by atoms with Crippen LogP contribution in [0.2, 0.25) is 5.15 Å². The Morgan fingerprint density at radius 2 is 1.83 bits per heavy atom. The van der Waals surface area contributed by atoms with Crippen LogP contribution in [0.4, 0.5) is 18.9 Å². The lowest BCUT2D eigenvalue weighted by molar-refractivity contribution is -0.137. The van der Waals surface area contributed by atoms with Gasteiger partial charge in [0.1, 0.15) is 5.15 Å². The van der Waals surface area contributed by atoms with Crippen molar-refractivity contribution in [3.63, 3.8) is 0 Å². The Bertz CT molecular complexity index is 567. The van der Waals surface area contributed by atoms with Crippen molar-refractivity contribution >= 4 is 17.3 Å². The van der Waals surface area contributed by atoms with Crippen LogP contribution in [0, 0.1) is 0 Å². The van der Waals surface area contributed by atoms with Gasteiger partial charge in [-0.2, -0.15) is 13.2 Å². The van der Waals surface area contributed by atoms with Crippen LogP contribution in [-0.2, 0) is 6.18 Å². The van der Waals surface area contributed by atoms with Crippen LogP contribution in [0.1, 0.15) is 5.56 Å². The van der Waals surface area contributed by atoms with E-state index in [-0.39, 0.29) is 22.1 Å². The van der Waals surface area contributed by atoms with Gasteiger partial charge in [0.05, 0.1) is 23.7 Å². The van der Waals surface area contributed by atoms with Gasteiger partial charge < -0.3 is 5.73 Å². The molecule has 0 spiro atoms. The molecule has 0 radical (unpaired) electrons. The van der Waals surface area contributed by atoms with Gasteiger partial charge in [0.2, 0.25) is 0 Å². The van der Waals surface area contributed by atoms with Crippen LogP contribution in [0.5, 0.6) is 0 Å². The van der Waals surface area contributed by atoms with E-state index in [1.165, 1.54) is 18.5 Å². The zero-order chi connectivity index (χ0) is 13.3. The van der Waals surface area contributed by atoms with Crippen molar-refractivity contribution in [1.29, 1.82) is 0 Å². The summed E-state index contributed by atoms with van der Waals surface area (Å²) < 4.78 is 37.7. The molecule has 3 nitrogen and oxygen atoms in total. The maximum atomic E-state index is 12.6. The second-order valence-electron chi connectivity index (χ2n) is 3.52. The maximum Gasteiger partial charge on any atom is 0.416 e. The van der Waals surface area contributed by atoms with Crippen LogP contribution in [-0.4, -0.2) is 9.97 Å². The van der Waals surface area contributed by atoms with E-state index in [2.05, 4.69) is 9.97 Å². The normalized spacial score (nSPS) is 11.6. The molecule has 0 atom stereocenters. The fraction of sp³-hybridized carbons (Fsp3) is 0.0909. The predicted molar refractivity (Wildman–Crippen MR) is 61.9 cm³/mol. The fourth-order valence-corrected chi connectivity index (χ4v) is 1.50. The average molecular weight is 274 g/mol. The Balaban J connectivity index is 2.53. The second kappa shape index (κ2) is 4.45. The van der Waals surface area contributed by atoms with Crippen LogP contribution >= 0.6 is 11.6 Å². The molecule has 1 heterocycles. The summed E-state index contributed by atoms with van der Waals surface area (Å²) in [5, 5.41) is 0.157. The summed E-state index contributed by atoms with van der Waals surface area (Å²) >= 11 is 5.56. The van der Waals surface area contributed by atoms with Crippen LogP contribution < -0.4 is 5.73 Å².